The van der Waals surface area contributed by atoms with E-state index in [1.807, 2.05) is 20.0 Å². The van der Waals surface area contributed by atoms with Crippen LogP contribution in [-0.2, 0) is 11.2 Å². The monoisotopic (exact) mass is 255 g/mol. The molecular weight excluding hydrogens is 234 g/mol. The van der Waals surface area contributed by atoms with E-state index in [1.54, 1.807) is 7.11 Å². The normalized spacial score (nSPS) is 13.8. The molecule has 0 saturated carbocycles. The fourth-order valence-electron chi connectivity index (χ4n) is 1.88. The third-order valence-corrected chi connectivity index (χ3v) is 3.70. The van der Waals surface area contributed by atoms with Crippen LogP contribution in [0.2, 0.25) is 5.02 Å². The number of hydrogen-bond acceptors (Lipinski definition) is 2. The Morgan fingerprint density at radius 2 is 2.06 bits per heavy atom. The summed E-state index contributed by atoms with van der Waals surface area (Å²) < 4.78 is 5.52. The van der Waals surface area contributed by atoms with E-state index < -0.39 is 0 Å². The molecule has 0 aliphatic carbocycles. The van der Waals surface area contributed by atoms with Gasteiger partial charge in [0.2, 0.25) is 0 Å². The van der Waals surface area contributed by atoms with Crippen molar-refractivity contribution in [2.24, 2.45) is 0 Å². The molecule has 0 aromatic heterocycles. The number of halogens is 1. The molecule has 1 aromatic rings. The van der Waals surface area contributed by atoms with E-state index >= 15 is 0 Å². The average molecular weight is 256 g/mol. The summed E-state index contributed by atoms with van der Waals surface area (Å²) in [6.07, 6.45) is 0.858. The van der Waals surface area contributed by atoms with Crippen LogP contribution in [0.4, 0.5) is 0 Å². The van der Waals surface area contributed by atoms with E-state index in [0.29, 0.717) is 0 Å². The Kier molecular flexibility index (Phi) is 4.99. The zero-order chi connectivity index (χ0) is 13.1. The predicted molar refractivity (Wildman–Crippen MR) is 73.8 cm³/mol. The molecule has 1 aromatic carbocycles. The lowest BCUT2D eigenvalue weighted by atomic mass is 9.92. The first-order valence-electron chi connectivity index (χ1n) is 5.88. The smallest absolute Gasteiger partial charge is 0.0778 e. The van der Waals surface area contributed by atoms with E-state index in [9.17, 15) is 0 Å². The minimum absolute atomic E-state index is 0.219. The minimum Gasteiger partial charge on any atom is -0.377 e. The maximum atomic E-state index is 6.26. The molecule has 0 fully saturated rings. The largest absolute Gasteiger partial charge is 0.377 e. The van der Waals surface area contributed by atoms with Gasteiger partial charge in [-0.05, 0) is 51.4 Å². The maximum absolute atomic E-state index is 6.26. The van der Waals surface area contributed by atoms with Gasteiger partial charge in [-0.2, -0.15) is 0 Å². The van der Waals surface area contributed by atoms with Crippen molar-refractivity contribution in [2.45, 2.75) is 38.8 Å². The maximum Gasteiger partial charge on any atom is 0.0778 e. The Hall–Kier alpha value is -0.570. The Morgan fingerprint density at radius 1 is 1.41 bits per heavy atom. The molecule has 17 heavy (non-hydrogen) atoms. The number of hydrogen-bond donors (Lipinski definition) is 1. The van der Waals surface area contributed by atoms with Crippen molar-refractivity contribution in [1.82, 2.24) is 5.32 Å². The number of methoxy groups -OCH3 is 1. The molecule has 0 aliphatic rings. The summed E-state index contributed by atoms with van der Waals surface area (Å²) in [5.74, 6) is 0. The van der Waals surface area contributed by atoms with E-state index in [2.05, 4.69) is 31.3 Å². The van der Waals surface area contributed by atoms with E-state index in [1.165, 1.54) is 5.56 Å². The van der Waals surface area contributed by atoms with Crippen LogP contribution >= 0.6 is 11.6 Å². The zero-order valence-electron chi connectivity index (χ0n) is 11.3. The molecule has 0 amide bonds. The first-order chi connectivity index (χ1) is 7.90. The highest BCUT2D eigenvalue weighted by Crippen LogP contribution is 2.23. The molecule has 0 spiro atoms. The highest BCUT2D eigenvalue weighted by atomic mass is 35.5. The van der Waals surface area contributed by atoms with Crippen LogP contribution in [0, 0.1) is 6.92 Å². The Bertz CT molecular complexity index is 376. The average Bonchev–Trinajstić information content (AvgIpc) is 2.27. The second kappa shape index (κ2) is 5.85. The molecule has 0 heterocycles. The first kappa shape index (κ1) is 14.5. The van der Waals surface area contributed by atoms with Crippen LogP contribution in [0.5, 0.6) is 0 Å². The number of nitrogens with one attached hydrogen (secondary N) is 1. The Balaban J connectivity index is 2.88. The predicted octanol–water partition coefficient (Wildman–Crippen LogP) is 3.20. The number of aryl methyl sites for hydroxylation is 1. The van der Waals surface area contributed by atoms with Crippen LogP contribution in [-0.4, -0.2) is 25.8 Å². The summed E-state index contributed by atoms with van der Waals surface area (Å²) in [6, 6.07) is 6.41. The van der Waals surface area contributed by atoms with Crippen LogP contribution < -0.4 is 5.32 Å². The topological polar surface area (TPSA) is 21.3 Å². The van der Waals surface area contributed by atoms with Gasteiger partial charge < -0.3 is 10.1 Å². The fourth-order valence-corrected chi connectivity index (χ4v) is 2.19. The summed E-state index contributed by atoms with van der Waals surface area (Å²) in [4.78, 5) is 0. The van der Waals surface area contributed by atoms with Gasteiger partial charge in [-0.1, -0.05) is 23.7 Å². The molecule has 3 heteroatoms. The Morgan fingerprint density at radius 3 is 2.53 bits per heavy atom. The molecule has 1 N–H and O–H groups in total. The summed E-state index contributed by atoms with van der Waals surface area (Å²) in [7, 11) is 3.69. The van der Waals surface area contributed by atoms with Crippen molar-refractivity contribution in [1.29, 1.82) is 0 Å². The van der Waals surface area contributed by atoms with Gasteiger partial charge in [-0.3, -0.25) is 0 Å². The van der Waals surface area contributed by atoms with Gasteiger partial charge in [0.05, 0.1) is 5.60 Å². The van der Waals surface area contributed by atoms with Crippen molar-refractivity contribution in [3.63, 3.8) is 0 Å². The lowest BCUT2D eigenvalue weighted by Crippen LogP contribution is -2.48. The molecule has 2 nitrogen and oxygen atoms in total. The van der Waals surface area contributed by atoms with Crippen molar-refractivity contribution in [2.75, 3.05) is 14.2 Å². The van der Waals surface area contributed by atoms with Gasteiger partial charge in [0.1, 0.15) is 0 Å². The van der Waals surface area contributed by atoms with Crippen LogP contribution in [0.3, 0.4) is 0 Å². The van der Waals surface area contributed by atoms with Gasteiger partial charge >= 0.3 is 0 Å². The molecular formula is C14H22ClNO. The zero-order valence-corrected chi connectivity index (χ0v) is 12.1. The lowest BCUT2D eigenvalue weighted by Gasteiger charge is -2.33. The molecule has 1 rings (SSSR count). The van der Waals surface area contributed by atoms with Gasteiger partial charge in [0.15, 0.2) is 0 Å². The van der Waals surface area contributed by atoms with E-state index in [0.717, 1.165) is 17.0 Å². The van der Waals surface area contributed by atoms with Crippen LogP contribution in [0.1, 0.15) is 25.0 Å². The molecule has 96 valence electrons. The number of ether oxygens (including phenoxy) is 1. The molecule has 0 bridgehead atoms. The lowest BCUT2D eigenvalue weighted by molar-refractivity contribution is -0.00796. The number of benzene rings is 1. The van der Waals surface area contributed by atoms with Crippen molar-refractivity contribution in [3.05, 3.63) is 34.3 Å². The van der Waals surface area contributed by atoms with Gasteiger partial charge in [0, 0.05) is 18.2 Å². The fraction of sp³-hybridized carbons (Fsp3) is 0.571. The molecule has 1 atom stereocenters. The molecule has 0 aliphatic heterocycles. The summed E-state index contributed by atoms with van der Waals surface area (Å²) in [5.41, 5.74) is 2.12. The van der Waals surface area contributed by atoms with E-state index in [-0.39, 0.29) is 11.6 Å². The first-order valence-corrected chi connectivity index (χ1v) is 6.26. The highest BCUT2D eigenvalue weighted by molar-refractivity contribution is 6.31. The Labute approximate surface area is 109 Å². The standard InChI is InChI=1S/C14H22ClNO/c1-10-6-7-11(12(15)8-10)9-13(16-4)14(2,3)17-5/h6-8,13,16H,9H2,1-5H3. The third-order valence-electron chi connectivity index (χ3n) is 3.35. The SMILES string of the molecule is CNC(Cc1ccc(C)cc1Cl)C(C)(C)OC. The molecule has 0 radical (unpaired) electrons. The van der Waals surface area contributed by atoms with Gasteiger partial charge in [0.25, 0.3) is 0 Å². The highest BCUT2D eigenvalue weighted by Gasteiger charge is 2.28. The van der Waals surface area contributed by atoms with Crippen LogP contribution in [0.25, 0.3) is 0 Å². The number of rotatable bonds is 5. The number of likely N-dealkylation sites (N-methyl/N-ethyl adjacent to an activating group) is 1. The van der Waals surface area contributed by atoms with E-state index in [4.69, 9.17) is 16.3 Å². The van der Waals surface area contributed by atoms with Crippen LogP contribution in [0.15, 0.2) is 18.2 Å². The second-order valence-corrected chi connectivity index (χ2v) is 5.36. The summed E-state index contributed by atoms with van der Waals surface area (Å²) >= 11 is 6.26. The second-order valence-electron chi connectivity index (χ2n) is 4.95. The third kappa shape index (κ3) is 3.70. The minimum atomic E-state index is -0.219. The van der Waals surface area contributed by atoms with Crippen molar-refractivity contribution in [3.8, 4) is 0 Å². The van der Waals surface area contributed by atoms with Crippen molar-refractivity contribution < 1.29 is 4.74 Å². The van der Waals surface area contributed by atoms with Gasteiger partial charge in [-0.15, -0.1) is 0 Å². The quantitative estimate of drug-likeness (QED) is 0.873. The molecule has 1 unspecified atom stereocenters. The van der Waals surface area contributed by atoms with Crippen molar-refractivity contribution >= 4 is 11.6 Å². The van der Waals surface area contributed by atoms with Gasteiger partial charge in [-0.25, -0.2) is 0 Å². The molecule has 0 saturated heterocycles. The summed E-state index contributed by atoms with van der Waals surface area (Å²) in [6.45, 7) is 6.21. The summed E-state index contributed by atoms with van der Waals surface area (Å²) in [5, 5.41) is 4.13.